The fraction of sp³-hybridized carbons (Fsp3) is 0.200. The number of anilines is 1. The Kier molecular flexibility index (Phi) is 7.65. The minimum absolute atomic E-state index is 0.170. The molecule has 0 unspecified atom stereocenters. The lowest BCUT2D eigenvalue weighted by atomic mass is 10.1. The van der Waals surface area contributed by atoms with Crippen LogP contribution >= 0.6 is 0 Å². The second kappa shape index (κ2) is 10.8. The van der Waals surface area contributed by atoms with Crippen LogP contribution in [0.25, 0.3) is 0 Å². The van der Waals surface area contributed by atoms with Crippen molar-refractivity contribution in [1.29, 1.82) is 0 Å². The molecular weight excluding hydrogens is 392 g/mol. The highest BCUT2D eigenvalue weighted by Crippen LogP contribution is 2.27. The van der Waals surface area contributed by atoms with E-state index in [1.807, 2.05) is 48.5 Å². The normalized spacial score (nSPS) is 10.3. The number of ether oxygens (including phenoxy) is 2. The fourth-order valence-electron chi connectivity index (χ4n) is 3.22. The summed E-state index contributed by atoms with van der Waals surface area (Å²) >= 11 is 0. The lowest BCUT2D eigenvalue weighted by Gasteiger charge is -2.12. The van der Waals surface area contributed by atoms with E-state index in [0.717, 1.165) is 11.1 Å². The summed E-state index contributed by atoms with van der Waals surface area (Å²) in [4.78, 5) is 25.1. The van der Waals surface area contributed by atoms with E-state index in [0.29, 0.717) is 35.7 Å². The molecule has 0 radical (unpaired) electrons. The van der Waals surface area contributed by atoms with Gasteiger partial charge in [-0.2, -0.15) is 0 Å². The molecule has 0 aromatic heterocycles. The van der Waals surface area contributed by atoms with Gasteiger partial charge in [-0.25, -0.2) is 0 Å². The molecule has 6 heteroatoms. The first kappa shape index (κ1) is 21.9. The molecule has 2 N–H and O–H groups in total. The van der Waals surface area contributed by atoms with Crippen LogP contribution in [0.5, 0.6) is 11.5 Å². The van der Waals surface area contributed by atoms with Crippen LogP contribution in [0.15, 0.2) is 72.8 Å². The van der Waals surface area contributed by atoms with Crippen molar-refractivity contribution in [3.05, 3.63) is 89.5 Å². The molecule has 0 aliphatic heterocycles. The molecule has 0 heterocycles. The largest absolute Gasteiger partial charge is 0.493 e. The number of methoxy groups -OCH3 is 2. The molecule has 3 aromatic rings. The summed E-state index contributed by atoms with van der Waals surface area (Å²) in [7, 11) is 3.18. The molecule has 0 saturated carbocycles. The first-order chi connectivity index (χ1) is 15.1. The number of carbonyl (C=O) groups excluding carboxylic acids is 2. The van der Waals surface area contributed by atoms with Crippen molar-refractivity contribution >= 4 is 17.5 Å². The van der Waals surface area contributed by atoms with Crippen molar-refractivity contribution in [1.82, 2.24) is 5.32 Å². The van der Waals surface area contributed by atoms with Gasteiger partial charge in [0.05, 0.1) is 31.9 Å². The molecule has 0 fully saturated rings. The van der Waals surface area contributed by atoms with Crippen molar-refractivity contribution < 1.29 is 19.1 Å². The molecule has 160 valence electrons. The summed E-state index contributed by atoms with van der Waals surface area (Å²) in [5, 5.41) is 5.76. The summed E-state index contributed by atoms with van der Waals surface area (Å²) in [5.41, 5.74) is 2.85. The highest BCUT2D eigenvalue weighted by molar-refractivity contribution is 6.04. The minimum Gasteiger partial charge on any atom is -0.493 e. The van der Waals surface area contributed by atoms with Gasteiger partial charge in [0.1, 0.15) is 0 Å². The van der Waals surface area contributed by atoms with Crippen molar-refractivity contribution in [2.24, 2.45) is 0 Å². The van der Waals surface area contributed by atoms with Gasteiger partial charge in [-0.05, 0) is 41.8 Å². The van der Waals surface area contributed by atoms with Gasteiger partial charge < -0.3 is 20.1 Å². The number of nitrogens with one attached hydrogen (secondary N) is 2. The summed E-state index contributed by atoms with van der Waals surface area (Å²) in [6, 6.07) is 22.1. The minimum atomic E-state index is -0.240. The molecule has 0 spiro atoms. The van der Waals surface area contributed by atoms with Crippen LogP contribution in [0.4, 0.5) is 5.69 Å². The topological polar surface area (TPSA) is 76.7 Å². The third-order valence-electron chi connectivity index (χ3n) is 4.80. The maximum Gasteiger partial charge on any atom is 0.253 e. The Morgan fingerprint density at radius 2 is 1.52 bits per heavy atom. The Bertz CT molecular complexity index is 1030. The van der Waals surface area contributed by atoms with Gasteiger partial charge >= 0.3 is 0 Å². The van der Waals surface area contributed by atoms with Crippen LogP contribution in [-0.2, 0) is 17.6 Å². The average Bonchev–Trinajstić information content (AvgIpc) is 2.79. The smallest absolute Gasteiger partial charge is 0.253 e. The van der Waals surface area contributed by atoms with Crippen molar-refractivity contribution in [3.63, 3.8) is 0 Å². The van der Waals surface area contributed by atoms with Gasteiger partial charge in [0, 0.05) is 6.54 Å². The summed E-state index contributed by atoms with van der Waals surface area (Å²) in [5.74, 6) is 0.904. The number of hydrogen-bond donors (Lipinski definition) is 2. The third-order valence-corrected chi connectivity index (χ3v) is 4.80. The predicted octanol–water partition coefficient (Wildman–Crippen LogP) is 3.86. The summed E-state index contributed by atoms with van der Waals surface area (Å²) < 4.78 is 10.6. The quantitative estimate of drug-likeness (QED) is 0.553. The number of amides is 2. The lowest BCUT2D eigenvalue weighted by molar-refractivity contribution is -0.115. The molecule has 31 heavy (non-hydrogen) atoms. The van der Waals surface area contributed by atoms with Crippen LogP contribution in [-0.4, -0.2) is 32.6 Å². The maximum atomic E-state index is 12.7. The SMILES string of the molecule is COc1ccc(CCNC(=O)c2ccccc2NC(=O)Cc2ccccc2)cc1OC. The van der Waals surface area contributed by atoms with E-state index in [1.54, 1.807) is 38.5 Å². The van der Waals surface area contributed by atoms with E-state index < -0.39 is 0 Å². The van der Waals surface area contributed by atoms with Gasteiger partial charge in [0.2, 0.25) is 5.91 Å². The molecule has 0 saturated heterocycles. The fourth-order valence-corrected chi connectivity index (χ4v) is 3.22. The number of benzene rings is 3. The van der Waals surface area contributed by atoms with E-state index in [9.17, 15) is 9.59 Å². The number of rotatable bonds is 9. The Balaban J connectivity index is 1.59. The van der Waals surface area contributed by atoms with E-state index in [2.05, 4.69) is 10.6 Å². The van der Waals surface area contributed by atoms with E-state index >= 15 is 0 Å². The Morgan fingerprint density at radius 3 is 2.26 bits per heavy atom. The van der Waals surface area contributed by atoms with E-state index in [1.165, 1.54) is 0 Å². The highest BCUT2D eigenvalue weighted by atomic mass is 16.5. The zero-order chi connectivity index (χ0) is 22.1. The van der Waals surface area contributed by atoms with Gasteiger partial charge in [-0.1, -0.05) is 48.5 Å². The van der Waals surface area contributed by atoms with Crippen LogP contribution in [0.3, 0.4) is 0 Å². The van der Waals surface area contributed by atoms with Crippen molar-refractivity contribution in [3.8, 4) is 11.5 Å². The number of carbonyl (C=O) groups is 2. The lowest BCUT2D eigenvalue weighted by Crippen LogP contribution is -2.27. The molecule has 0 aliphatic carbocycles. The standard InChI is InChI=1S/C25H26N2O4/c1-30-22-13-12-19(16-23(22)31-2)14-15-26-25(29)20-10-6-7-11-21(20)27-24(28)17-18-8-4-3-5-9-18/h3-13,16H,14-15,17H2,1-2H3,(H,26,29)(H,27,28). The number of para-hydroxylation sites is 1. The second-order valence-corrected chi connectivity index (χ2v) is 6.95. The first-order valence-electron chi connectivity index (χ1n) is 10.0. The predicted molar refractivity (Wildman–Crippen MR) is 121 cm³/mol. The van der Waals surface area contributed by atoms with Gasteiger partial charge in [0.25, 0.3) is 5.91 Å². The molecule has 3 rings (SSSR count). The molecule has 6 nitrogen and oxygen atoms in total. The Labute approximate surface area is 182 Å². The molecular formula is C25H26N2O4. The molecule has 0 atom stereocenters. The molecule has 3 aromatic carbocycles. The van der Waals surface area contributed by atoms with Gasteiger partial charge in [-0.15, -0.1) is 0 Å². The molecule has 0 bridgehead atoms. The monoisotopic (exact) mass is 418 g/mol. The zero-order valence-corrected chi connectivity index (χ0v) is 17.7. The molecule has 0 aliphatic rings. The average molecular weight is 418 g/mol. The van der Waals surface area contributed by atoms with Gasteiger partial charge in [-0.3, -0.25) is 9.59 Å². The second-order valence-electron chi connectivity index (χ2n) is 6.95. The zero-order valence-electron chi connectivity index (χ0n) is 17.7. The highest BCUT2D eigenvalue weighted by Gasteiger charge is 2.13. The maximum absolute atomic E-state index is 12.7. The Hall–Kier alpha value is -3.80. The van der Waals surface area contributed by atoms with E-state index in [4.69, 9.17) is 9.47 Å². The van der Waals surface area contributed by atoms with Crippen molar-refractivity contribution in [2.75, 3.05) is 26.1 Å². The van der Waals surface area contributed by atoms with Crippen LogP contribution in [0.2, 0.25) is 0 Å². The first-order valence-corrected chi connectivity index (χ1v) is 10.0. The van der Waals surface area contributed by atoms with Crippen molar-refractivity contribution in [2.45, 2.75) is 12.8 Å². The van der Waals surface area contributed by atoms with E-state index in [-0.39, 0.29) is 18.2 Å². The van der Waals surface area contributed by atoms with Crippen LogP contribution < -0.4 is 20.1 Å². The van der Waals surface area contributed by atoms with Crippen LogP contribution in [0, 0.1) is 0 Å². The summed E-state index contributed by atoms with van der Waals surface area (Å²) in [6.07, 6.45) is 0.880. The summed E-state index contributed by atoms with van der Waals surface area (Å²) in [6.45, 7) is 0.445. The van der Waals surface area contributed by atoms with Crippen LogP contribution in [0.1, 0.15) is 21.5 Å². The van der Waals surface area contributed by atoms with Gasteiger partial charge in [0.15, 0.2) is 11.5 Å². The Morgan fingerprint density at radius 1 is 0.806 bits per heavy atom. The molecule has 2 amide bonds. The third kappa shape index (κ3) is 6.09. The number of hydrogen-bond acceptors (Lipinski definition) is 4.